The van der Waals surface area contributed by atoms with Gasteiger partial charge in [0.25, 0.3) is 0 Å². The highest BCUT2D eigenvalue weighted by Crippen LogP contribution is 2.23. The number of hydrogen-bond acceptors (Lipinski definition) is 9. The predicted octanol–water partition coefficient (Wildman–Crippen LogP) is -0.808. The quantitative estimate of drug-likeness (QED) is 0.114. The van der Waals surface area contributed by atoms with Gasteiger partial charge in [-0.3, -0.25) is 14.5 Å². The lowest BCUT2D eigenvalue weighted by atomic mass is 9.86. The minimum atomic E-state index is -0.724. The van der Waals surface area contributed by atoms with Gasteiger partial charge in [0.05, 0.1) is 39.7 Å². The second kappa shape index (κ2) is 17.4. The highest BCUT2D eigenvalue weighted by molar-refractivity contribution is 6.29. The molecule has 1 rings (SSSR count). The fraction of sp³-hybridized carbons (Fsp3) is 0.905. The Morgan fingerprint density at radius 3 is 1.53 bits per heavy atom. The molecule has 0 aromatic heterocycles. The summed E-state index contributed by atoms with van der Waals surface area (Å²) in [4.78, 5) is 25.0. The molecule has 32 heavy (non-hydrogen) atoms. The first-order chi connectivity index (χ1) is 15.5. The van der Waals surface area contributed by atoms with Crippen LogP contribution in [0.3, 0.4) is 0 Å². The molecule has 1 aliphatic heterocycles. The first-order valence-corrected chi connectivity index (χ1v) is 11.5. The predicted molar refractivity (Wildman–Crippen MR) is 122 cm³/mol. The van der Waals surface area contributed by atoms with Crippen LogP contribution in [-0.4, -0.2) is 104 Å². The van der Waals surface area contributed by atoms with Crippen molar-refractivity contribution in [2.24, 2.45) is 22.6 Å². The Balaban J connectivity index is 2.59. The number of nitrogens with two attached hydrogens (primary N) is 3. The lowest BCUT2D eigenvalue weighted by Crippen LogP contribution is -2.42. The summed E-state index contributed by atoms with van der Waals surface area (Å²) in [7, 11) is 5.64. The van der Waals surface area contributed by atoms with Crippen molar-refractivity contribution in [2.75, 3.05) is 79.0 Å². The lowest BCUT2D eigenvalue weighted by Gasteiger charge is -2.33. The van der Waals surface area contributed by atoms with Gasteiger partial charge in [-0.15, -0.1) is 0 Å². The molecule has 1 saturated heterocycles. The molecule has 6 N–H and O–H groups in total. The number of rotatable bonds is 21. The second-order valence-corrected chi connectivity index (χ2v) is 8.18. The Morgan fingerprint density at radius 2 is 1.19 bits per heavy atom. The van der Waals surface area contributed by atoms with Crippen LogP contribution in [0.15, 0.2) is 0 Å². The van der Waals surface area contributed by atoms with E-state index >= 15 is 0 Å². The minimum Gasteiger partial charge on any atom is -0.381 e. The number of ether oxygens (including phenoxy) is 4. The molecule has 2 radical (unpaired) electrons. The van der Waals surface area contributed by atoms with Gasteiger partial charge in [0.2, 0.25) is 11.8 Å². The molecular formula is C21H41BN4O6. The van der Waals surface area contributed by atoms with Gasteiger partial charge in [0.15, 0.2) is 0 Å². The zero-order valence-corrected chi connectivity index (χ0v) is 19.3. The molecule has 1 fully saturated rings. The molecule has 0 aliphatic carbocycles. The zero-order valence-electron chi connectivity index (χ0n) is 19.3. The van der Waals surface area contributed by atoms with Crippen molar-refractivity contribution >= 4 is 19.7 Å². The monoisotopic (exact) mass is 456 g/mol. The number of carbonyl (C=O) groups excluding carboxylic acids is 2. The van der Waals surface area contributed by atoms with Gasteiger partial charge < -0.3 is 36.1 Å². The molecular weight excluding hydrogens is 415 g/mol. The number of hydrogen-bond donors (Lipinski definition) is 3. The summed E-state index contributed by atoms with van der Waals surface area (Å²) in [5.41, 5.74) is 16.2. The van der Waals surface area contributed by atoms with E-state index in [1.165, 1.54) is 4.90 Å². The van der Waals surface area contributed by atoms with E-state index in [9.17, 15) is 9.59 Å². The van der Waals surface area contributed by atoms with Crippen LogP contribution in [0.5, 0.6) is 0 Å². The molecule has 0 bridgehead atoms. The van der Waals surface area contributed by atoms with Crippen molar-refractivity contribution in [2.45, 2.75) is 37.9 Å². The number of amides is 2. The number of carbonyl (C=O) groups is 2. The van der Waals surface area contributed by atoms with Crippen LogP contribution in [0.25, 0.3) is 0 Å². The van der Waals surface area contributed by atoms with Gasteiger partial charge >= 0.3 is 0 Å². The van der Waals surface area contributed by atoms with Crippen LogP contribution in [0, 0.1) is 5.41 Å². The molecule has 1 aliphatic rings. The van der Waals surface area contributed by atoms with E-state index in [1.54, 1.807) is 0 Å². The van der Waals surface area contributed by atoms with Crippen LogP contribution in [-0.2, 0) is 28.5 Å². The fourth-order valence-electron chi connectivity index (χ4n) is 3.23. The van der Waals surface area contributed by atoms with E-state index < -0.39 is 11.2 Å². The van der Waals surface area contributed by atoms with Gasteiger partial charge in [0, 0.05) is 45.2 Å². The third-order valence-electron chi connectivity index (χ3n) is 5.06. The SMILES string of the molecule is [B]C1CC(=O)N(CCCOCC(COCCCN)(COCCCN)COCCCN)C1=O. The highest BCUT2D eigenvalue weighted by atomic mass is 16.5. The Morgan fingerprint density at radius 1 is 0.781 bits per heavy atom. The van der Waals surface area contributed by atoms with E-state index in [4.69, 9.17) is 44.0 Å². The van der Waals surface area contributed by atoms with E-state index in [0.29, 0.717) is 85.5 Å². The molecule has 2 amide bonds. The fourth-order valence-corrected chi connectivity index (χ4v) is 3.23. The maximum atomic E-state index is 11.9. The highest BCUT2D eigenvalue weighted by Gasteiger charge is 2.35. The van der Waals surface area contributed by atoms with Crippen LogP contribution in [0.1, 0.15) is 32.1 Å². The summed E-state index contributed by atoms with van der Waals surface area (Å²) in [6.07, 6.45) is 2.89. The third-order valence-corrected chi connectivity index (χ3v) is 5.06. The average Bonchev–Trinajstić information content (AvgIpc) is 3.02. The summed E-state index contributed by atoms with van der Waals surface area (Å²) >= 11 is 0. The first kappa shape index (κ1) is 29.0. The van der Waals surface area contributed by atoms with Crippen molar-refractivity contribution in [3.63, 3.8) is 0 Å². The maximum absolute atomic E-state index is 11.9. The molecule has 1 heterocycles. The Labute approximate surface area is 193 Å². The molecule has 0 saturated carbocycles. The normalized spacial score (nSPS) is 17.0. The summed E-state index contributed by atoms with van der Waals surface area (Å²) in [6, 6.07) is 0. The standard InChI is InChI=1S/C21H41BN4O6/c22-18-13-19(27)26(20(18)28)8-4-12-32-17-21(14-29-9-1-5-23,15-30-10-2-6-24)16-31-11-3-7-25/h18H,1-17,23-25H2. The van der Waals surface area contributed by atoms with E-state index in [0.717, 1.165) is 19.3 Å². The van der Waals surface area contributed by atoms with Crippen LogP contribution >= 0.6 is 0 Å². The molecule has 10 nitrogen and oxygen atoms in total. The Hall–Kier alpha value is -1.08. The molecule has 184 valence electrons. The summed E-state index contributed by atoms with van der Waals surface area (Å²) in [6.45, 7) is 5.53. The molecule has 0 aromatic rings. The Bertz CT molecular complexity index is 497. The second-order valence-electron chi connectivity index (χ2n) is 8.18. The Kier molecular flexibility index (Phi) is 15.8. The van der Waals surface area contributed by atoms with Crippen LogP contribution in [0.4, 0.5) is 0 Å². The van der Waals surface area contributed by atoms with E-state index in [1.807, 2.05) is 0 Å². The lowest BCUT2D eigenvalue weighted by molar-refractivity contribution is -0.138. The molecule has 11 heteroatoms. The van der Waals surface area contributed by atoms with Gasteiger partial charge in [-0.1, -0.05) is 0 Å². The van der Waals surface area contributed by atoms with Gasteiger partial charge in [0.1, 0.15) is 0 Å². The summed E-state index contributed by atoms with van der Waals surface area (Å²) in [5, 5.41) is 0. The topological polar surface area (TPSA) is 152 Å². The third kappa shape index (κ3) is 11.2. The van der Waals surface area contributed by atoms with Crippen molar-refractivity contribution < 1.29 is 28.5 Å². The minimum absolute atomic E-state index is 0.0726. The van der Waals surface area contributed by atoms with Gasteiger partial charge in [-0.25, -0.2) is 0 Å². The van der Waals surface area contributed by atoms with Crippen molar-refractivity contribution in [1.29, 1.82) is 0 Å². The maximum Gasteiger partial charge on any atom is 0.229 e. The molecule has 0 aromatic carbocycles. The van der Waals surface area contributed by atoms with Gasteiger partial charge in [-0.05, 0) is 45.3 Å². The number of imide groups is 1. The average molecular weight is 456 g/mol. The van der Waals surface area contributed by atoms with Crippen LogP contribution < -0.4 is 17.2 Å². The number of nitrogens with zero attached hydrogens (tertiary/aromatic N) is 1. The molecule has 1 atom stereocenters. The van der Waals surface area contributed by atoms with Gasteiger partial charge in [-0.2, -0.15) is 0 Å². The van der Waals surface area contributed by atoms with Crippen LogP contribution in [0.2, 0.25) is 5.82 Å². The van der Waals surface area contributed by atoms with Crippen molar-refractivity contribution in [1.82, 2.24) is 4.90 Å². The summed E-state index contributed by atoms with van der Waals surface area (Å²) in [5.74, 6) is -1.27. The molecule has 1 unspecified atom stereocenters. The van der Waals surface area contributed by atoms with Crippen molar-refractivity contribution in [3.05, 3.63) is 0 Å². The van der Waals surface area contributed by atoms with Crippen molar-refractivity contribution in [3.8, 4) is 0 Å². The first-order valence-electron chi connectivity index (χ1n) is 11.5. The van der Waals surface area contributed by atoms with E-state index in [2.05, 4.69) is 0 Å². The number of likely N-dealkylation sites (tertiary alicyclic amines) is 1. The zero-order chi connectivity index (χ0) is 23.7. The van der Waals surface area contributed by atoms with E-state index in [-0.39, 0.29) is 18.2 Å². The summed E-state index contributed by atoms with van der Waals surface area (Å²) < 4.78 is 23.5. The smallest absolute Gasteiger partial charge is 0.229 e. The molecule has 0 spiro atoms. The largest absolute Gasteiger partial charge is 0.381 e.